The van der Waals surface area contributed by atoms with Crippen LogP contribution in [0.2, 0.25) is 0 Å². The number of nitrogens with zero attached hydrogens (tertiary/aromatic N) is 1. The molecule has 0 fully saturated rings. The lowest BCUT2D eigenvalue weighted by molar-refractivity contribution is 0.806. The van der Waals surface area contributed by atoms with Gasteiger partial charge in [-0.2, -0.15) is 0 Å². The topological polar surface area (TPSA) is 4.93 Å². The Bertz CT molecular complexity index is 2450. The zero-order valence-corrected chi connectivity index (χ0v) is 27.2. The van der Waals surface area contributed by atoms with Gasteiger partial charge in [0.2, 0.25) is 0 Å². The van der Waals surface area contributed by atoms with Crippen molar-refractivity contribution in [3.8, 4) is 27.9 Å². The second-order valence-corrected chi connectivity index (χ2v) is 13.0. The van der Waals surface area contributed by atoms with Gasteiger partial charge in [-0.3, -0.25) is 0 Å². The molecule has 0 radical (unpaired) electrons. The summed E-state index contributed by atoms with van der Waals surface area (Å²) in [5.74, 6) is 0.256. The van der Waals surface area contributed by atoms with Gasteiger partial charge in [0.1, 0.15) is 0 Å². The van der Waals surface area contributed by atoms with Crippen LogP contribution >= 0.6 is 0 Å². The van der Waals surface area contributed by atoms with Crippen molar-refractivity contribution in [1.29, 1.82) is 0 Å². The summed E-state index contributed by atoms with van der Waals surface area (Å²) in [4.78, 5) is 0. The number of rotatable bonds is 7. The zero-order valence-electron chi connectivity index (χ0n) is 27.2. The van der Waals surface area contributed by atoms with E-state index in [1.54, 1.807) is 0 Å². The molecule has 9 rings (SSSR count). The maximum absolute atomic E-state index is 2.50. The molecular weight excluding hydrogens is 591 g/mol. The van der Waals surface area contributed by atoms with Crippen molar-refractivity contribution in [2.24, 2.45) is 0 Å². The molecule has 0 saturated carbocycles. The average molecular weight is 626 g/mol. The van der Waals surface area contributed by atoms with Gasteiger partial charge < -0.3 is 4.57 Å². The molecule has 1 aromatic heterocycles. The molecule has 0 spiro atoms. The zero-order chi connectivity index (χ0) is 32.6. The fraction of sp³-hybridized carbons (Fsp3) is 0.0417. The van der Waals surface area contributed by atoms with Crippen LogP contribution < -0.4 is 0 Å². The second-order valence-electron chi connectivity index (χ2n) is 13.0. The Morgan fingerprint density at radius 3 is 1.43 bits per heavy atom. The number of hydrogen-bond acceptors (Lipinski definition) is 0. The van der Waals surface area contributed by atoms with E-state index in [4.69, 9.17) is 0 Å². The standard InChI is InChI=1S/C48H35N/c1-5-15-35(16-6-1)41-29-42(36-17-7-2-8-18-36)31-43(30-41)49-47-28-34(27-45(37-19-9-3-10-20-37)38-21-11-4-12-22-38)25-26-44(47)46-32-39-23-13-14-24-40(39)33-48(46)49/h1-26,28-33,45H,27H2. The summed E-state index contributed by atoms with van der Waals surface area (Å²) in [7, 11) is 0. The fourth-order valence-electron chi connectivity index (χ4n) is 7.52. The predicted octanol–water partition coefficient (Wildman–Crippen LogP) is 12.6. The van der Waals surface area contributed by atoms with Gasteiger partial charge in [-0.1, -0.05) is 158 Å². The molecule has 0 amide bonds. The van der Waals surface area contributed by atoms with Crippen LogP contribution in [-0.4, -0.2) is 4.57 Å². The van der Waals surface area contributed by atoms with Crippen molar-refractivity contribution in [3.63, 3.8) is 0 Å². The summed E-state index contributed by atoms with van der Waals surface area (Å²) < 4.78 is 2.50. The molecule has 1 heterocycles. The Morgan fingerprint density at radius 1 is 0.367 bits per heavy atom. The maximum atomic E-state index is 2.50. The summed E-state index contributed by atoms with van der Waals surface area (Å²) in [6.45, 7) is 0. The summed E-state index contributed by atoms with van der Waals surface area (Å²) in [6.07, 6.45) is 0.910. The first-order valence-corrected chi connectivity index (χ1v) is 17.1. The molecule has 49 heavy (non-hydrogen) atoms. The van der Waals surface area contributed by atoms with E-state index in [1.165, 1.54) is 71.5 Å². The Balaban J connectivity index is 1.30. The number of benzene rings is 8. The van der Waals surface area contributed by atoms with Crippen molar-refractivity contribution in [1.82, 2.24) is 4.57 Å². The van der Waals surface area contributed by atoms with E-state index >= 15 is 0 Å². The molecule has 0 N–H and O–H groups in total. The molecule has 8 aromatic carbocycles. The second kappa shape index (κ2) is 12.4. The monoisotopic (exact) mass is 625 g/mol. The third-order valence-corrected chi connectivity index (χ3v) is 9.93. The normalized spacial score (nSPS) is 11.5. The first-order chi connectivity index (χ1) is 24.3. The first-order valence-electron chi connectivity index (χ1n) is 17.1. The van der Waals surface area contributed by atoms with Gasteiger partial charge in [-0.05, 0) is 92.5 Å². The smallest absolute Gasteiger partial charge is 0.0547 e. The van der Waals surface area contributed by atoms with Crippen LogP contribution in [-0.2, 0) is 6.42 Å². The SMILES string of the molecule is c1ccc(-c2cc(-c3ccccc3)cc(-n3c4cc(CC(c5ccccc5)c5ccccc5)ccc4c4cc5ccccc5cc43)c2)cc1. The van der Waals surface area contributed by atoms with Crippen LogP contribution in [0.25, 0.3) is 60.5 Å². The highest BCUT2D eigenvalue weighted by Gasteiger charge is 2.19. The molecule has 0 saturated heterocycles. The Kier molecular flexibility index (Phi) is 7.37. The van der Waals surface area contributed by atoms with Crippen molar-refractivity contribution in [2.75, 3.05) is 0 Å². The van der Waals surface area contributed by atoms with E-state index in [9.17, 15) is 0 Å². The minimum Gasteiger partial charge on any atom is -0.309 e. The van der Waals surface area contributed by atoms with E-state index in [-0.39, 0.29) is 5.92 Å². The predicted molar refractivity (Wildman–Crippen MR) is 208 cm³/mol. The minimum absolute atomic E-state index is 0.256. The molecule has 232 valence electrons. The van der Waals surface area contributed by atoms with E-state index < -0.39 is 0 Å². The van der Waals surface area contributed by atoms with Crippen LogP contribution in [0.1, 0.15) is 22.6 Å². The molecular formula is C48H35N. The lowest BCUT2D eigenvalue weighted by Crippen LogP contribution is -2.05. The fourth-order valence-corrected chi connectivity index (χ4v) is 7.52. The highest BCUT2D eigenvalue weighted by molar-refractivity contribution is 6.13. The van der Waals surface area contributed by atoms with Crippen LogP contribution in [0.5, 0.6) is 0 Å². The van der Waals surface area contributed by atoms with E-state index in [1.807, 2.05) is 0 Å². The van der Waals surface area contributed by atoms with E-state index in [0.717, 1.165) is 12.1 Å². The molecule has 1 heteroatoms. The molecule has 0 bridgehead atoms. The third kappa shape index (κ3) is 5.50. The van der Waals surface area contributed by atoms with Crippen molar-refractivity contribution in [2.45, 2.75) is 12.3 Å². The maximum Gasteiger partial charge on any atom is 0.0547 e. The summed E-state index contributed by atoms with van der Waals surface area (Å²) >= 11 is 0. The third-order valence-electron chi connectivity index (χ3n) is 9.93. The minimum atomic E-state index is 0.256. The van der Waals surface area contributed by atoms with Gasteiger partial charge in [0.05, 0.1) is 11.0 Å². The van der Waals surface area contributed by atoms with E-state index in [2.05, 4.69) is 199 Å². The summed E-state index contributed by atoms with van der Waals surface area (Å²) in [5, 5.41) is 5.05. The molecule has 0 aliphatic rings. The highest BCUT2D eigenvalue weighted by atomic mass is 15.0. The Morgan fingerprint density at radius 2 is 0.857 bits per heavy atom. The van der Waals surface area contributed by atoms with Gasteiger partial charge in [-0.25, -0.2) is 0 Å². The molecule has 9 aromatic rings. The van der Waals surface area contributed by atoms with Gasteiger partial charge in [-0.15, -0.1) is 0 Å². The molecule has 1 nitrogen and oxygen atoms in total. The molecule has 0 aliphatic carbocycles. The Hall–Kier alpha value is -6.18. The Labute approximate surface area is 287 Å². The average Bonchev–Trinajstić information content (AvgIpc) is 3.49. The van der Waals surface area contributed by atoms with Gasteiger partial charge in [0.15, 0.2) is 0 Å². The summed E-state index contributed by atoms with van der Waals surface area (Å²) in [6, 6.07) is 71.0. The number of aromatic nitrogens is 1. The first kappa shape index (κ1) is 29.0. The van der Waals surface area contributed by atoms with Gasteiger partial charge in [0.25, 0.3) is 0 Å². The van der Waals surface area contributed by atoms with Crippen molar-refractivity contribution in [3.05, 3.63) is 211 Å². The van der Waals surface area contributed by atoms with Gasteiger partial charge in [0, 0.05) is 22.4 Å². The highest BCUT2D eigenvalue weighted by Crippen LogP contribution is 2.39. The van der Waals surface area contributed by atoms with Crippen LogP contribution in [0.4, 0.5) is 0 Å². The van der Waals surface area contributed by atoms with Crippen LogP contribution in [0.15, 0.2) is 194 Å². The van der Waals surface area contributed by atoms with Gasteiger partial charge >= 0.3 is 0 Å². The van der Waals surface area contributed by atoms with Crippen molar-refractivity contribution < 1.29 is 0 Å². The molecule has 0 aliphatic heterocycles. The largest absolute Gasteiger partial charge is 0.309 e. The quantitative estimate of drug-likeness (QED) is 0.166. The van der Waals surface area contributed by atoms with Crippen molar-refractivity contribution >= 4 is 32.6 Å². The van der Waals surface area contributed by atoms with Crippen LogP contribution in [0.3, 0.4) is 0 Å². The lowest BCUT2D eigenvalue weighted by atomic mass is 9.86. The number of hydrogen-bond donors (Lipinski definition) is 0. The summed E-state index contributed by atoms with van der Waals surface area (Å²) in [5.41, 5.74) is 12.4. The molecule has 0 unspecified atom stereocenters. The lowest BCUT2D eigenvalue weighted by Gasteiger charge is -2.19. The number of fused-ring (bicyclic) bond motifs is 4. The van der Waals surface area contributed by atoms with Crippen LogP contribution in [0, 0.1) is 0 Å². The van der Waals surface area contributed by atoms with E-state index in [0.29, 0.717) is 0 Å². The molecule has 0 atom stereocenters.